The van der Waals surface area contributed by atoms with Crippen molar-refractivity contribution in [2.24, 2.45) is 0 Å². The van der Waals surface area contributed by atoms with Gasteiger partial charge in [-0.25, -0.2) is 0 Å². The molecule has 0 heterocycles. The number of carbonyl (C=O) groups excluding carboxylic acids is 1. The van der Waals surface area contributed by atoms with E-state index in [-0.39, 0.29) is 18.9 Å². The summed E-state index contributed by atoms with van der Waals surface area (Å²) in [6.45, 7) is 3.64. The molecule has 0 aliphatic rings. The summed E-state index contributed by atoms with van der Waals surface area (Å²) in [5.41, 5.74) is 0.949. The molecule has 0 unspecified atom stereocenters. The van der Waals surface area contributed by atoms with Gasteiger partial charge < -0.3 is 9.47 Å². The maximum atomic E-state index is 13.1. The van der Waals surface area contributed by atoms with Gasteiger partial charge in [0.1, 0.15) is 5.75 Å². The van der Waals surface area contributed by atoms with Crippen LogP contribution < -0.4 is 9.64 Å². The van der Waals surface area contributed by atoms with Crippen molar-refractivity contribution in [3.05, 3.63) is 72.8 Å². The zero-order valence-corrected chi connectivity index (χ0v) is 14.8. The van der Waals surface area contributed by atoms with E-state index in [4.69, 9.17) is 9.47 Å². The minimum atomic E-state index is -5.03. The first-order chi connectivity index (χ1) is 12.9. The van der Waals surface area contributed by atoms with Crippen LogP contribution in [0, 0.1) is 0 Å². The third kappa shape index (κ3) is 5.59. The van der Waals surface area contributed by atoms with E-state index >= 15 is 0 Å². The summed E-state index contributed by atoms with van der Waals surface area (Å²) in [6, 6.07) is 13.9. The molecule has 0 radical (unpaired) electrons. The van der Waals surface area contributed by atoms with Crippen LogP contribution in [-0.2, 0) is 16.1 Å². The molecule has 0 fully saturated rings. The SMILES string of the molecule is C=C[C@@H](COCc1ccccc1)N(C(=O)C(F)(F)F)c1ccc(OC)cc1. The third-order valence-electron chi connectivity index (χ3n) is 3.82. The van der Waals surface area contributed by atoms with Gasteiger partial charge in [-0.1, -0.05) is 36.4 Å². The number of methoxy groups -OCH3 is 1. The molecule has 0 N–H and O–H groups in total. The highest BCUT2D eigenvalue weighted by molar-refractivity contribution is 5.98. The fourth-order valence-electron chi connectivity index (χ4n) is 2.46. The van der Waals surface area contributed by atoms with E-state index < -0.39 is 18.1 Å². The molecule has 144 valence electrons. The van der Waals surface area contributed by atoms with Crippen molar-refractivity contribution in [2.75, 3.05) is 18.6 Å². The summed E-state index contributed by atoms with van der Waals surface area (Å²) in [7, 11) is 1.44. The van der Waals surface area contributed by atoms with Gasteiger partial charge in [-0.15, -0.1) is 6.58 Å². The molecule has 0 bridgehead atoms. The highest BCUT2D eigenvalue weighted by Gasteiger charge is 2.45. The number of alkyl halides is 3. The molecule has 4 nitrogen and oxygen atoms in total. The van der Waals surface area contributed by atoms with Gasteiger partial charge in [-0.05, 0) is 29.8 Å². The normalized spacial score (nSPS) is 12.3. The molecule has 1 amide bonds. The van der Waals surface area contributed by atoms with Gasteiger partial charge in [0.25, 0.3) is 0 Å². The monoisotopic (exact) mass is 379 g/mol. The standard InChI is InChI=1S/C20H20F3NO3/c1-3-16(14-27-13-15-7-5-4-6-8-15)24(19(25)20(21,22)23)17-9-11-18(26-2)12-10-17/h3-12,16H,1,13-14H2,2H3/t16-/m0/s1. The molecule has 0 saturated heterocycles. The Morgan fingerprint density at radius 1 is 1.15 bits per heavy atom. The molecule has 0 aliphatic heterocycles. The summed E-state index contributed by atoms with van der Waals surface area (Å²) in [6.07, 6.45) is -3.76. The van der Waals surface area contributed by atoms with Crippen LogP contribution in [0.1, 0.15) is 5.56 Å². The third-order valence-corrected chi connectivity index (χ3v) is 3.82. The lowest BCUT2D eigenvalue weighted by Gasteiger charge is -2.30. The average Bonchev–Trinajstić information content (AvgIpc) is 2.67. The van der Waals surface area contributed by atoms with Crippen LogP contribution in [0.15, 0.2) is 67.3 Å². The second kappa shape index (κ2) is 9.23. The maximum Gasteiger partial charge on any atom is 0.471 e. The number of hydrogen-bond donors (Lipinski definition) is 0. The molecular formula is C20H20F3NO3. The first-order valence-electron chi connectivity index (χ1n) is 8.15. The zero-order chi connectivity index (χ0) is 19.9. The van der Waals surface area contributed by atoms with Crippen LogP contribution in [0.5, 0.6) is 5.75 Å². The molecule has 7 heteroatoms. The van der Waals surface area contributed by atoms with Gasteiger partial charge in [-0.2, -0.15) is 13.2 Å². The van der Waals surface area contributed by atoms with E-state index in [9.17, 15) is 18.0 Å². The fourth-order valence-corrected chi connectivity index (χ4v) is 2.46. The summed E-state index contributed by atoms with van der Waals surface area (Å²) >= 11 is 0. The Balaban J connectivity index is 2.20. The topological polar surface area (TPSA) is 38.8 Å². The van der Waals surface area contributed by atoms with Crippen molar-refractivity contribution in [1.82, 2.24) is 0 Å². The Morgan fingerprint density at radius 3 is 2.30 bits per heavy atom. The van der Waals surface area contributed by atoms with Gasteiger partial charge in [0.15, 0.2) is 0 Å². The largest absolute Gasteiger partial charge is 0.497 e. The summed E-state index contributed by atoms with van der Waals surface area (Å²) in [4.78, 5) is 12.7. The lowest BCUT2D eigenvalue weighted by atomic mass is 10.2. The molecule has 0 spiro atoms. The first kappa shape index (κ1) is 20.5. The molecule has 2 aromatic rings. The highest BCUT2D eigenvalue weighted by Crippen LogP contribution is 2.28. The van der Waals surface area contributed by atoms with Gasteiger partial charge in [0.05, 0.1) is 26.4 Å². The number of halogens is 3. The second-order valence-electron chi connectivity index (χ2n) is 5.67. The molecule has 27 heavy (non-hydrogen) atoms. The Morgan fingerprint density at radius 2 is 1.78 bits per heavy atom. The summed E-state index contributed by atoms with van der Waals surface area (Å²) in [5.74, 6) is -1.52. The van der Waals surface area contributed by atoms with E-state index in [0.717, 1.165) is 5.56 Å². The fraction of sp³-hybridized carbons (Fsp3) is 0.250. The number of benzene rings is 2. The predicted molar refractivity (Wildman–Crippen MR) is 96.6 cm³/mol. The maximum absolute atomic E-state index is 13.1. The van der Waals surface area contributed by atoms with Crippen molar-refractivity contribution in [2.45, 2.75) is 18.8 Å². The molecule has 1 atom stereocenters. The molecular weight excluding hydrogens is 359 g/mol. The highest BCUT2D eigenvalue weighted by atomic mass is 19.4. The van der Waals surface area contributed by atoms with E-state index in [1.807, 2.05) is 30.3 Å². The number of anilines is 1. The summed E-state index contributed by atoms with van der Waals surface area (Å²) in [5, 5.41) is 0. The number of carbonyl (C=O) groups is 1. The van der Waals surface area contributed by atoms with Crippen LogP contribution in [0.25, 0.3) is 0 Å². The zero-order valence-electron chi connectivity index (χ0n) is 14.8. The van der Waals surface area contributed by atoms with Crippen LogP contribution in [0.2, 0.25) is 0 Å². The van der Waals surface area contributed by atoms with Crippen molar-refractivity contribution in [3.63, 3.8) is 0 Å². The first-order valence-corrected chi connectivity index (χ1v) is 8.15. The average molecular weight is 379 g/mol. The predicted octanol–water partition coefficient (Wildman–Crippen LogP) is 4.36. The number of amides is 1. The summed E-state index contributed by atoms with van der Waals surface area (Å²) < 4.78 is 49.9. The van der Waals surface area contributed by atoms with E-state index in [1.54, 1.807) is 0 Å². The molecule has 0 aliphatic carbocycles. The quantitative estimate of drug-likeness (QED) is 0.640. The van der Waals surface area contributed by atoms with Gasteiger partial charge in [0.2, 0.25) is 0 Å². The van der Waals surface area contributed by atoms with E-state index in [2.05, 4.69) is 6.58 Å². The van der Waals surface area contributed by atoms with Crippen molar-refractivity contribution >= 4 is 11.6 Å². The van der Waals surface area contributed by atoms with Crippen LogP contribution in [0.3, 0.4) is 0 Å². The second-order valence-corrected chi connectivity index (χ2v) is 5.67. The van der Waals surface area contributed by atoms with Crippen LogP contribution >= 0.6 is 0 Å². The Labute approximate surface area is 155 Å². The molecule has 0 aromatic heterocycles. The molecule has 2 rings (SSSR count). The molecule has 2 aromatic carbocycles. The smallest absolute Gasteiger partial charge is 0.471 e. The number of hydrogen-bond acceptors (Lipinski definition) is 3. The molecule has 0 saturated carbocycles. The number of nitrogens with zero attached hydrogens (tertiary/aromatic N) is 1. The number of rotatable bonds is 8. The van der Waals surface area contributed by atoms with Crippen LogP contribution in [0.4, 0.5) is 18.9 Å². The van der Waals surface area contributed by atoms with E-state index in [0.29, 0.717) is 10.6 Å². The Hall–Kier alpha value is -2.80. The minimum Gasteiger partial charge on any atom is -0.497 e. The minimum absolute atomic E-state index is 0.0753. The van der Waals surface area contributed by atoms with Gasteiger partial charge in [-0.3, -0.25) is 9.69 Å². The number of ether oxygens (including phenoxy) is 2. The van der Waals surface area contributed by atoms with Gasteiger partial charge >= 0.3 is 12.1 Å². The Kier molecular flexibility index (Phi) is 7.01. The lowest BCUT2D eigenvalue weighted by molar-refractivity contribution is -0.171. The van der Waals surface area contributed by atoms with Crippen LogP contribution in [-0.4, -0.2) is 31.8 Å². The lowest BCUT2D eigenvalue weighted by Crippen LogP contribution is -2.48. The van der Waals surface area contributed by atoms with Gasteiger partial charge in [0, 0.05) is 5.69 Å². The Bertz CT molecular complexity index is 745. The van der Waals surface area contributed by atoms with Crippen molar-refractivity contribution in [1.29, 1.82) is 0 Å². The van der Waals surface area contributed by atoms with E-state index in [1.165, 1.54) is 37.5 Å². The van der Waals surface area contributed by atoms with Crippen molar-refractivity contribution < 1.29 is 27.4 Å². The van der Waals surface area contributed by atoms with Crippen molar-refractivity contribution in [3.8, 4) is 5.75 Å².